The van der Waals surface area contributed by atoms with Crippen molar-refractivity contribution in [1.29, 1.82) is 0 Å². The van der Waals surface area contributed by atoms with E-state index in [0.717, 1.165) is 5.56 Å². The van der Waals surface area contributed by atoms with Crippen LogP contribution in [0.2, 0.25) is 0 Å². The third-order valence-electron chi connectivity index (χ3n) is 3.78. The van der Waals surface area contributed by atoms with Gasteiger partial charge in [0.1, 0.15) is 11.6 Å². The maximum absolute atomic E-state index is 13.5. The van der Waals surface area contributed by atoms with Crippen molar-refractivity contribution in [3.05, 3.63) is 82.7 Å². The van der Waals surface area contributed by atoms with E-state index in [1.54, 1.807) is 18.2 Å². The Morgan fingerprint density at radius 3 is 2.84 bits per heavy atom. The van der Waals surface area contributed by atoms with Crippen molar-refractivity contribution in [3.63, 3.8) is 0 Å². The van der Waals surface area contributed by atoms with Crippen molar-refractivity contribution in [2.75, 3.05) is 0 Å². The van der Waals surface area contributed by atoms with Gasteiger partial charge in [0.2, 0.25) is 5.91 Å². The molecule has 0 spiro atoms. The quantitative estimate of drug-likeness (QED) is 0.726. The van der Waals surface area contributed by atoms with Gasteiger partial charge in [0, 0.05) is 18.5 Å². The van der Waals surface area contributed by atoms with E-state index in [0.29, 0.717) is 23.6 Å². The molecule has 128 valence electrons. The monoisotopic (exact) mass is 338 g/mol. The highest BCUT2D eigenvalue weighted by Gasteiger charge is 2.10. The van der Waals surface area contributed by atoms with Crippen LogP contribution in [-0.4, -0.2) is 21.1 Å². The lowest BCUT2D eigenvalue weighted by Crippen LogP contribution is -2.25. The molecule has 0 unspecified atom stereocenters. The molecule has 0 fully saturated rings. The molecular formula is C19H19FN4O. The van der Waals surface area contributed by atoms with Gasteiger partial charge < -0.3 is 5.32 Å². The Balaban J connectivity index is 1.54. The fraction of sp³-hybridized carbons (Fsp3) is 0.211. The number of halogens is 1. The Kier molecular flexibility index (Phi) is 5.18. The Labute approximate surface area is 145 Å². The highest BCUT2D eigenvalue weighted by Crippen LogP contribution is 2.09. The first-order valence-corrected chi connectivity index (χ1v) is 8.06. The lowest BCUT2D eigenvalue weighted by atomic mass is 10.1. The number of aromatic amines is 1. The zero-order chi connectivity index (χ0) is 17.6. The first-order valence-electron chi connectivity index (χ1n) is 8.06. The molecule has 0 bridgehead atoms. The van der Waals surface area contributed by atoms with E-state index in [1.165, 1.54) is 11.6 Å². The van der Waals surface area contributed by atoms with Gasteiger partial charge in [-0.3, -0.25) is 9.89 Å². The fourth-order valence-corrected chi connectivity index (χ4v) is 2.55. The number of carbonyl (C=O) groups is 1. The van der Waals surface area contributed by atoms with E-state index < -0.39 is 0 Å². The standard InChI is InChI=1S/C19H19FN4O/c1-13-5-4-6-14(9-13)10-17-22-18(24-23-17)11-19(25)21-12-15-7-2-3-8-16(15)20/h2-9H,10-12H2,1H3,(H,21,25)(H,22,23,24). The van der Waals surface area contributed by atoms with Gasteiger partial charge in [-0.1, -0.05) is 48.0 Å². The number of H-pyrrole nitrogens is 1. The molecule has 6 heteroatoms. The molecule has 1 heterocycles. The first-order chi connectivity index (χ1) is 12.1. The second-order valence-corrected chi connectivity index (χ2v) is 5.91. The molecule has 3 rings (SSSR count). The summed E-state index contributed by atoms with van der Waals surface area (Å²) < 4.78 is 13.5. The van der Waals surface area contributed by atoms with Crippen LogP contribution in [0.1, 0.15) is 28.3 Å². The van der Waals surface area contributed by atoms with Crippen LogP contribution >= 0.6 is 0 Å². The fourth-order valence-electron chi connectivity index (χ4n) is 2.55. The summed E-state index contributed by atoms with van der Waals surface area (Å²) in [6.45, 7) is 2.18. The summed E-state index contributed by atoms with van der Waals surface area (Å²) >= 11 is 0. The lowest BCUT2D eigenvalue weighted by molar-refractivity contribution is -0.120. The van der Waals surface area contributed by atoms with Gasteiger partial charge in [0.05, 0.1) is 6.42 Å². The minimum atomic E-state index is -0.332. The van der Waals surface area contributed by atoms with E-state index in [2.05, 4.69) is 26.6 Å². The molecule has 1 aromatic heterocycles. The van der Waals surface area contributed by atoms with E-state index in [1.807, 2.05) is 25.1 Å². The molecule has 0 saturated heterocycles. The Morgan fingerprint density at radius 2 is 2.04 bits per heavy atom. The van der Waals surface area contributed by atoms with Gasteiger partial charge in [0.25, 0.3) is 0 Å². The molecule has 0 radical (unpaired) electrons. The second-order valence-electron chi connectivity index (χ2n) is 5.91. The molecule has 0 saturated carbocycles. The first kappa shape index (κ1) is 16.8. The van der Waals surface area contributed by atoms with Crippen molar-refractivity contribution in [2.24, 2.45) is 0 Å². The number of carbonyl (C=O) groups excluding carboxylic acids is 1. The third kappa shape index (κ3) is 4.73. The molecule has 0 aliphatic carbocycles. The number of rotatable bonds is 6. The molecule has 2 aromatic carbocycles. The molecule has 0 atom stereocenters. The predicted molar refractivity (Wildman–Crippen MR) is 92.3 cm³/mol. The van der Waals surface area contributed by atoms with E-state index in [4.69, 9.17) is 0 Å². The van der Waals surface area contributed by atoms with Crippen LogP contribution in [0.4, 0.5) is 4.39 Å². The molecule has 25 heavy (non-hydrogen) atoms. The molecule has 2 N–H and O–H groups in total. The Hall–Kier alpha value is -3.02. The van der Waals surface area contributed by atoms with Crippen molar-refractivity contribution in [2.45, 2.75) is 26.3 Å². The normalized spacial score (nSPS) is 10.6. The van der Waals surface area contributed by atoms with Gasteiger partial charge in [-0.15, -0.1) is 0 Å². The molecule has 1 amide bonds. The minimum absolute atomic E-state index is 0.0543. The summed E-state index contributed by atoms with van der Waals surface area (Å²) in [5.41, 5.74) is 2.77. The van der Waals surface area contributed by atoms with Crippen molar-refractivity contribution >= 4 is 5.91 Å². The summed E-state index contributed by atoms with van der Waals surface area (Å²) in [6.07, 6.45) is 0.685. The maximum Gasteiger partial charge on any atom is 0.228 e. The van der Waals surface area contributed by atoms with Gasteiger partial charge in [-0.2, -0.15) is 5.10 Å². The lowest BCUT2D eigenvalue weighted by Gasteiger charge is -2.04. The topological polar surface area (TPSA) is 70.7 Å². The molecule has 3 aromatic rings. The number of benzene rings is 2. The Bertz CT molecular complexity index is 875. The number of nitrogens with zero attached hydrogens (tertiary/aromatic N) is 2. The van der Waals surface area contributed by atoms with Gasteiger partial charge in [-0.25, -0.2) is 9.37 Å². The highest BCUT2D eigenvalue weighted by atomic mass is 19.1. The zero-order valence-electron chi connectivity index (χ0n) is 13.9. The molecular weight excluding hydrogens is 319 g/mol. The van der Waals surface area contributed by atoms with Gasteiger partial charge in [0.15, 0.2) is 5.82 Å². The Morgan fingerprint density at radius 1 is 1.20 bits per heavy atom. The van der Waals surface area contributed by atoms with E-state index >= 15 is 0 Å². The second kappa shape index (κ2) is 7.70. The minimum Gasteiger partial charge on any atom is -0.352 e. The average molecular weight is 338 g/mol. The molecule has 5 nitrogen and oxygen atoms in total. The average Bonchev–Trinajstić information content (AvgIpc) is 3.01. The van der Waals surface area contributed by atoms with E-state index in [-0.39, 0.29) is 24.7 Å². The van der Waals surface area contributed by atoms with Crippen LogP contribution in [0.3, 0.4) is 0 Å². The number of amides is 1. The summed E-state index contributed by atoms with van der Waals surface area (Å²) in [5.74, 6) is 0.557. The summed E-state index contributed by atoms with van der Waals surface area (Å²) in [4.78, 5) is 16.3. The number of aryl methyl sites for hydroxylation is 1. The maximum atomic E-state index is 13.5. The summed E-state index contributed by atoms with van der Waals surface area (Å²) in [5, 5.41) is 9.62. The van der Waals surface area contributed by atoms with Crippen molar-refractivity contribution in [3.8, 4) is 0 Å². The van der Waals surface area contributed by atoms with Crippen LogP contribution in [0.5, 0.6) is 0 Å². The zero-order valence-corrected chi connectivity index (χ0v) is 13.9. The van der Waals surface area contributed by atoms with Crippen molar-refractivity contribution in [1.82, 2.24) is 20.5 Å². The van der Waals surface area contributed by atoms with Crippen LogP contribution in [0.15, 0.2) is 48.5 Å². The largest absolute Gasteiger partial charge is 0.352 e. The number of hydrogen-bond donors (Lipinski definition) is 2. The molecule has 0 aliphatic heterocycles. The van der Waals surface area contributed by atoms with Crippen LogP contribution in [0, 0.1) is 12.7 Å². The number of aromatic nitrogens is 3. The smallest absolute Gasteiger partial charge is 0.228 e. The predicted octanol–water partition coefficient (Wildman–Crippen LogP) is 2.70. The van der Waals surface area contributed by atoms with E-state index in [9.17, 15) is 9.18 Å². The number of nitrogens with one attached hydrogen (secondary N) is 2. The SMILES string of the molecule is Cc1cccc(Cc2nc(CC(=O)NCc3ccccc3F)n[nH]2)c1. The van der Waals surface area contributed by atoms with Crippen LogP contribution in [0.25, 0.3) is 0 Å². The summed E-state index contributed by atoms with van der Waals surface area (Å²) in [6, 6.07) is 14.5. The highest BCUT2D eigenvalue weighted by molar-refractivity contribution is 5.77. The van der Waals surface area contributed by atoms with Gasteiger partial charge in [-0.05, 0) is 18.6 Å². The number of hydrogen-bond acceptors (Lipinski definition) is 3. The van der Waals surface area contributed by atoms with Gasteiger partial charge >= 0.3 is 0 Å². The van der Waals surface area contributed by atoms with Crippen molar-refractivity contribution < 1.29 is 9.18 Å². The molecule has 0 aliphatic rings. The van der Waals surface area contributed by atoms with Crippen LogP contribution in [-0.2, 0) is 24.2 Å². The summed E-state index contributed by atoms with van der Waals surface area (Å²) in [7, 11) is 0. The van der Waals surface area contributed by atoms with Crippen LogP contribution < -0.4 is 5.32 Å². The third-order valence-corrected chi connectivity index (χ3v) is 3.78.